The van der Waals surface area contributed by atoms with Crippen LogP contribution in [0, 0.1) is 11.8 Å². The number of esters is 1. The first-order chi connectivity index (χ1) is 7.96. The van der Waals surface area contributed by atoms with Gasteiger partial charge in [0.25, 0.3) is 0 Å². The number of ether oxygens (including phenoxy) is 1. The summed E-state index contributed by atoms with van der Waals surface area (Å²) >= 11 is 0. The van der Waals surface area contributed by atoms with E-state index in [1.165, 1.54) is 6.92 Å². The van der Waals surface area contributed by atoms with Crippen molar-refractivity contribution in [2.24, 2.45) is 11.8 Å². The number of rotatable bonds is 4. The van der Waals surface area contributed by atoms with Gasteiger partial charge in [-0.2, -0.15) is 8.78 Å². The van der Waals surface area contributed by atoms with Gasteiger partial charge in [-0.15, -0.1) is 0 Å². The number of halogens is 2. The molecule has 0 amide bonds. The molecule has 6 heteroatoms. The van der Waals surface area contributed by atoms with E-state index >= 15 is 0 Å². The van der Waals surface area contributed by atoms with E-state index in [1.807, 2.05) is 12.2 Å². The molecule has 0 aromatic carbocycles. The highest BCUT2D eigenvalue weighted by molar-refractivity contribution is 7.87. The van der Waals surface area contributed by atoms with E-state index in [9.17, 15) is 17.8 Å². The van der Waals surface area contributed by atoms with Crippen molar-refractivity contribution in [2.45, 2.75) is 30.3 Å². The molecule has 4 atom stereocenters. The highest BCUT2D eigenvalue weighted by Gasteiger charge is 2.54. The van der Waals surface area contributed by atoms with Gasteiger partial charge in [-0.1, -0.05) is 12.2 Å². The van der Waals surface area contributed by atoms with Crippen molar-refractivity contribution < 1.29 is 22.5 Å². The Hall–Kier alpha value is -0.780. The summed E-state index contributed by atoms with van der Waals surface area (Å²) in [5.41, 5.74) is 0. The average molecular weight is 264 g/mol. The van der Waals surface area contributed by atoms with Gasteiger partial charge < -0.3 is 4.74 Å². The predicted octanol–water partition coefficient (Wildman–Crippen LogP) is 1.86. The molecule has 2 rings (SSSR count). The molecule has 2 aliphatic rings. The number of carbonyl (C=O) groups is 1. The average Bonchev–Trinajstić information content (AvgIpc) is 2.89. The second-order valence-electron chi connectivity index (χ2n) is 4.35. The van der Waals surface area contributed by atoms with E-state index in [2.05, 4.69) is 4.74 Å². The first-order valence-corrected chi connectivity index (χ1v) is 6.82. The van der Waals surface area contributed by atoms with E-state index in [-0.39, 0.29) is 18.4 Å². The fourth-order valence-electron chi connectivity index (χ4n) is 2.46. The molecule has 1 fully saturated rings. The Kier molecular flexibility index (Phi) is 3.34. The van der Waals surface area contributed by atoms with Crippen LogP contribution in [0.2, 0.25) is 0 Å². The van der Waals surface area contributed by atoms with Crippen LogP contribution in [0.3, 0.4) is 0 Å². The molecule has 1 saturated carbocycles. The summed E-state index contributed by atoms with van der Waals surface area (Å²) in [6.45, 7) is 1.30. The maximum atomic E-state index is 13.6. The molecule has 0 saturated heterocycles. The second kappa shape index (κ2) is 4.48. The fourth-order valence-corrected chi connectivity index (χ4v) is 4.01. The lowest BCUT2D eigenvalue weighted by Gasteiger charge is -2.22. The molecule has 17 heavy (non-hydrogen) atoms. The van der Waals surface area contributed by atoms with Gasteiger partial charge >= 0.3 is 11.2 Å². The first kappa shape index (κ1) is 12.7. The Morgan fingerprint density at radius 2 is 2.18 bits per heavy atom. The first-order valence-electron chi connectivity index (χ1n) is 5.60. The minimum atomic E-state index is -3.89. The minimum absolute atomic E-state index is 0.0823. The Balaban J connectivity index is 2.09. The van der Waals surface area contributed by atoms with Gasteiger partial charge in [0.2, 0.25) is 0 Å². The molecular weight excluding hydrogens is 250 g/mol. The van der Waals surface area contributed by atoms with Crippen LogP contribution in [0.5, 0.6) is 0 Å². The van der Waals surface area contributed by atoms with E-state index in [1.54, 1.807) is 0 Å². The van der Waals surface area contributed by atoms with E-state index < -0.39 is 27.3 Å². The van der Waals surface area contributed by atoms with Crippen molar-refractivity contribution in [1.29, 1.82) is 0 Å². The maximum Gasteiger partial charge on any atom is 0.416 e. The molecule has 1 unspecified atom stereocenters. The van der Waals surface area contributed by atoms with Gasteiger partial charge in [0.1, 0.15) is 10.8 Å². The van der Waals surface area contributed by atoms with Crippen molar-refractivity contribution in [3.05, 3.63) is 12.2 Å². The van der Waals surface area contributed by atoms with Crippen molar-refractivity contribution in [3.63, 3.8) is 0 Å². The number of allylic oxidation sites excluding steroid dienone is 2. The monoisotopic (exact) mass is 264 g/mol. The third kappa shape index (κ3) is 2.14. The van der Waals surface area contributed by atoms with Gasteiger partial charge in [-0.3, -0.25) is 4.21 Å². The standard InChI is InChI=1S/C11H14F2O3S/c1-2-16-10(14)11(12,13)17(15)9-6-7-3-4-8(9)5-7/h3-4,7-9H,2,5-6H2,1H3/t7-,8+,9-,17?/m1/s1. The number of hydrogen-bond acceptors (Lipinski definition) is 3. The zero-order valence-electron chi connectivity index (χ0n) is 9.40. The minimum Gasteiger partial charge on any atom is -0.461 e. The predicted molar refractivity (Wildman–Crippen MR) is 58.9 cm³/mol. The van der Waals surface area contributed by atoms with Gasteiger partial charge in [0, 0.05) is 5.25 Å². The van der Waals surface area contributed by atoms with Crippen LogP contribution in [0.1, 0.15) is 19.8 Å². The third-order valence-electron chi connectivity index (χ3n) is 3.26. The largest absolute Gasteiger partial charge is 0.461 e. The number of hydrogen-bond donors (Lipinski definition) is 0. The number of fused-ring (bicyclic) bond motifs is 2. The lowest BCUT2D eigenvalue weighted by molar-refractivity contribution is -0.160. The van der Waals surface area contributed by atoms with Crippen LogP contribution in [0.15, 0.2) is 12.2 Å². The SMILES string of the molecule is CCOC(=O)C(F)(F)S(=O)[C@@H]1C[C@@H]2C=C[C@H]1C2. The summed E-state index contributed by atoms with van der Waals surface area (Å²) in [6.07, 6.45) is 5.05. The molecular formula is C11H14F2O3S. The molecule has 2 aliphatic carbocycles. The number of carbonyl (C=O) groups excluding carboxylic acids is 1. The van der Waals surface area contributed by atoms with E-state index in [0.717, 1.165) is 6.42 Å². The van der Waals surface area contributed by atoms with Crippen molar-refractivity contribution in [1.82, 2.24) is 0 Å². The molecule has 0 radical (unpaired) electrons. The fraction of sp³-hybridized carbons (Fsp3) is 0.727. The smallest absolute Gasteiger partial charge is 0.416 e. The zero-order chi connectivity index (χ0) is 12.6. The van der Waals surface area contributed by atoms with Crippen molar-refractivity contribution >= 4 is 16.8 Å². The highest BCUT2D eigenvalue weighted by Crippen LogP contribution is 2.44. The molecule has 0 heterocycles. The molecule has 0 spiro atoms. The topological polar surface area (TPSA) is 43.4 Å². The summed E-state index contributed by atoms with van der Waals surface area (Å²) in [7, 11) is -2.50. The summed E-state index contributed by atoms with van der Waals surface area (Å²) < 4.78 is 43.2. The lowest BCUT2D eigenvalue weighted by Crippen LogP contribution is -2.41. The summed E-state index contributed by atoms with van der Waals surface area (Å²) in [5.74, 6) is -1.52. The van der Waals surface area contributed by atoms with Crippen molar-refractivity contribution in [2.75, 3.05) is 6.61 Å². The Morgan fingerprint density at radius 1 is 1.47 bits per heavy atom. The molecule has 0 aliphatic heterocycles. The lowest BCUT2D eigenvalue weighted by atomic mass is 10.1. The van der Waals surface area contributed by atoms with E-state index in [0.29, 0.717) is 6.42 Å². The quantitative estimate of drug-likeness (QED) is 0.575. The van der Waals surface area contributed by atoms with Gasteiger partial charge in [0.05, 0.1) is 6.61 Å². The molecule has 96 valence electrons. The van der Waals surface area contributed by atoms with Gasteiger partial charge in [-0.25, -0.2) is 4.79 Å². The van der Waals surface area contributed by atoms with Crippen LogP contribution >= 0.6 is 0 Å². The van der Waals surface area contributed by atoms with Crippen molar-refractivity contribution in [3.8, 4) is 0 Å². The zero-order valence-corrected chi connectivity index (χ0v) is 10.2. The van der Waals surface area contributed by atoms with Crippen LogP contribution < -0.4 is 0 Å². The Labute approximate surface area is 101 Å². The normalized spacial score (nSPS) is 32.8. The van der Waals surface area contributed by atoms with Crippen LogP contribution in [-0.2, 0) is 20.3 Å². The summed E-state index contributed by atoms with van der Waals surface area (Å²) in [5, 5.41) is -4.51. The molecule has 2 bridgehead atoms. The summed E-state index contributed by atoms with van der Waals surface area (Å²) in [6, 6.07) is 0. The van der Waals surface area contributed by atoms with Gasteiger partial charge in [-0.05, 0) is 31.6 Å². The van der Waals surface area contributed by atoms with Crippen LogP contribution in [-0.4, -0.2) is 27.3 Å². The molecule has 0 aromatic heterocycles. The Bertz CT molecular complexity index is 381. The van der Waals surface area contributed by atoms with Crippen LogP contribution in [0.25, 0.3) is 0 Å². The van der Waals surface area contributed by atoms with E-state index in [4.69, 9.17) is 0 Å². The molecule has 0 N–H and O–H groups in total. The molecule has 3 nitrogen and oxygen atoms in total. The summed E-state index contributed by atoms with van der Waals surface area (Å²) in [4.78, 5) is 11.1. The second-order valence-corrected chi connectivity index (χ2v) is 6.07. The Morgan fingerprint density at radius 3 is 2.65 bits per heavy atom. The highest BCUT2D eigenvalue weighted by atomic mass is 32.2. The number of alkyl halides is 2. The third-order valence-corrected chi connectivity index (χ3v) is 5.02. The molecule has 0 aromatic rings. The van der Waals surface area contributed by atoms with Gasteiger partial charge in [0.15, 0.2) is 0 Å². The maximum absolute atomic E-state index is 13.6. The van der Waals surface area contributed by atoms with Crippen LogP contribution in [0.4, 0.5) is 8.78 Å².